The van der Waals surface area contributed by atoms with E-state index in [0.717, 1.165) is 18.6 Å². The van der Waals surface area contributed by atoms with E-state index in [0.29, 0.717) is 24.2 Å². The van der Waals surface area contributed by atoms with Crippen molar-refractivity contribution in [2.45, 2.75) is 90.3 Å². The Labute approximate surface area is 267 Å². The maximum atomic E-state index is 13.9. The van der Waals surface area contributed by atoms with Crippen molar-refractivity contribution in [3.8, 4) is 11.1 Å². The van der Waals surface area contributed by atoms with Crippen LogP contribution in [-0.4, -0.2) is 55.3 Å². The molecule has 2 bridgehead atoms. The van der Waals surface area contributed by atoms with Crippen molar-refractivity contribution < 1.29 is 23.6 Å². The highest BCUT2D eigenvalue weighted by molar-refractivity contribution is 7.98. The third-order valence-corrected chi connectivity index (χ3v) is 11.8. The van der Waals surface area contributed by atoms with Crippen molar-refractivity contribution in [3.05, 3.63) is 59.7 Å². The van der Waals surface area contributed by atoms with Crippen molar-refractivity contribution in [1.29, 1.82) is 0 Å². The van der Waals surface area contributed by atoms with Gasteiger partial charge < -0.3 is 19.4 Å². The van der Waals surface area contributed by atoms with Crippen molar-refractivity contribution in [2.24, 2.45) is 29.1 Å². The maximum absolute atomic E-state index is 13.9. The zero-order valence-electron chi connectivity index (χ0n) is 27.1. The minimum absolute atomic E-state index is 0.00199. The molecule has 1 heterocycles. The quantitative estimate of drug-likeness (QED) is 0.206. The molecule has 2 aromatic rings. The van der Waals surface area contributed by atoms with Crippen LogP contribution in [0.1, 0.15) is 83.8 Å². The lowest BCUT2D eigenvalue weighted by molar-refractivity contribution is -0.199. The average Bonchev–Trinajstić information content (AvgIpc) is 3.52. The Morgan fingerprint density at radius 1 is 1.05 bits per heavy atom. The average molecular weight is 618 g/mol. The molecule has 1 saturated heterocycles. The summed E-state index contributed by atoms with van der Waals surface area (Å²) >= 11 is 1.68. The minimum Gasteiger partial charge on any atom is -0.465 e. The van der Waals surface area contributed by atoms with E-state index in [1.165, 1.54) is 28.7 Å². The fraction of sp³-hybridized carbons (Fsp3) is 0.611. The van der Waals surface area contributed by atoms with Crippen LogP contribution in [0.5, 0.6) is 0 Å². The summed E-state index contributed by atoms with van der Waals surface area (Å²) in [5.41, 5.74) is 4.68. The van der Waals surface area contributed by atoms with Crippen LogP contribution in [0, 0.1) is 29.1 Å². The molecule has 4 aliphatic carbocycles. The molecular weight excluding hydrogens is 569 g/mol. The van der Waals surface area contributed by atoms with E-state index in [4.69, 9.17) is 14.0 Å². The Bertz CT molecular complexity index is 1340. The lowest BCUT2D eigenvalue weighted by Gasteiger charge is -2.64. The van der Waals surface area contributed by atoms with Crippen molar-refractivity contribution in [3.63, 3.8) is 0 Å². The number of esters is 1. The number of fused-ring (bicyclic) bond motifs is 3. The van der Waals surface area contributed by atoms with Crippen LogP contribution < -0.4 is 5.32 Å². The van der Waals surface area contributed by atoms with Gasteiger partial charge in [0.2, 0.25) is 5.91 Å². The first-order chi connectivity index (χ1) is 21.0. The molecule has 7 rings (SSSR count). The van der Waals surface area contributed by atoms with E-state index in [-0.39, 0.29) is 53.9 Å². The monoisotopic (exact) mass is 617 g/mol. The molecule has 44 heavy (non-hydrogen) atoms. The van der Waals surface area contributed by atoms with Crippen LogP contribution in [0.25, 0.3) is 11.1 Å². The first-order valence-electron chi connectivity index (χ1n) is 16.5. The summed E-state index contributed by atoms with van der Waals surface area (Å²) in [4.78, 5) is 27.1. The summed E-state index contributed by atoms with van der Waals surface area (Å²) in [5.74, 6) is 1.07. The van der Waals surface area contributed by atoms with Gasteiger partial charge in [0.05, 0.1) is 24.1 Å². The van der Waals surface area contributed by atoms with Crippen LogP contribution in [0.4, 0.5) is 0 Å². The molecule has 4 fully saturated rings. The van der Waals surface area contributed by atoms with Gasteiger partial charge in [0.15, 0.2) is 0 Å². The molecule has 1 aliphatic heterocycles. The second-order valence-corrected chi connectivity index (χ2v) is 15.7. The molecular formula is C36H48BNO5S. The zero-order chi connectivity index (χ0) is 31.2. The van der Waals surface area contributed by atoms with Crippen molar-refractivity contribution in [2.75, 3.05) is 18.6 Å². The molecule has 0 unspecified atom stereocenters. The standard InChI is InChI=1S/C36H48BNO5S/c1-22(2)17-32(37-42-31-20-24-19-30(35(24,3)4)36(31,5)43-37)38-34(40)23(15-16-44-6)18-33(39)41-21-29-27-13-9-7-11-25(27)26-12-8-10-14-28(26)29/h7-14,22-24,29-32H,15-21H2,1-6H3,(H,38,40)/t23-,24+,30+,31-,32+,36+/m1/s1. The van der Waals surface area contributed by atoms with Gasteiger partial charge in [-0.15, -0.1) is 0 Å². The van der Waals surface area contributed by atoms with Gasteiger partial charge in [-0.3, -0.25) is 9.59 Å². The number of carbonyl (C=O) groups is 2. The lowest BCUT2D eigenvalue weighted by Crippen LogP contribution is -2.65. The summed E-state index contributed by atoms with van der Waals surface area (Å²) in [6.45, 7) is 11.5. The van der Waals surface area contributed by atoms with Gasteiger partial charge in [0.1, 0.15) is 6.61 Å². The predicted molar refractivity (Wildman–Crippen MR) is 177 cm³/mol. The lowest BCUT2D eigenvalue weighted by atomic mass is 9.43. The molecule has 8 heteroatoms. The minimum atomic E-state index is -0.484. The van der Waals surface area contributed by atoms with Crippen LogP contribution >= 0.6 is 11.8 Å². The number of hydrogen-bond donors (Lipinski definition) is 1. The largest absolute Gasteiger partial charge is 0.481 e. The Kier molecular flexibility index (Phi) is 8.99. The summed E-state index contributed by atoms with van der Waals surface area (Å²) in [5, 5.41) is 3.30. The van der Waals surface area contributed by atoms with Crippen molar-refractivity contribution in [1.82, 2.24) is 5.32 Å². The molecule has 236 valence electrons. The van der Waals surface area contributed by atoms with Crippen LogP contribution in [0.15, 0.2) is 48.5 Å². The molecule has 0 radical (unpaired) electrons. The molecule has 5 aliphatic rings. The first kappa shape index (κ1) is 31.7. The third kappa shape index (κ3) is 5.75. The van der Waals surface area contributed by atoms with E-state index < -0.39 is 13.0 Å². The van der Waals surface area contributed by atoms with E-state index in [2.05, 4.69) is 64.2 Å². The molecule has 6 atom stereocenters. The smallest absolute Gasteiger partial charge is 0.465 e. The number of amides is 1. The van der Waals surface area contributed by atoms with Crippen LogP contribution in [0.2, 0.25) is 0 Å². The highest BCUT2D eigenvalue weighted by atomic mass is 32.2. The predicted octanol–water partition coefficient (Wildman–Crippen LogP) is 6.90. The van der Waals surface area contributed by atoms with Gasteiger partial charge in [-0.2, -0.15) is 11.8 Å². The number of nitrogens with one attached hydrogen (secondary N) is 1. The molecule has 0 aromatic heterocycles. The molecule has 6 nitrogen and oxygen atoms in total. The van der Waals surface area contributed by atoms with E-state index >= 15 is 0 Å². The number of hydrogen-bond acceptors (Lipinski definition) is 6. The van der Waals surface area contributed by atoms with Gasteiger partial charge >= 0.3 is 13.1 Å². The van der Waals surface area contributed by atoms with E-state index in [9.17, 15) is 9.59 Å². The normalized spacial score (nSPS) is 27.6. The molecule has 2 aromatic carbocycles. The Morgan fingerprint density at radius 3 is 2.32 bits per heavy atom. The maximum Gasteiger partial charge on any atom is 0.481 e. The number of carbonyl (C=O) groups excluding carboxylic acids is 2. The van der Waals surface area contributed by atoms with Gasteiger partial charge in [0.25, 0.3) is 0 Å². The number of rotatable bonds is 12. The van der Waals surface area contributed by atoms with Gasteiger partial charge in [-0.25, -0.2) is 0 Å². The van der Waals surface area contributed by atoms with Crippen LogP contribution in [-0.2, 0) is 23.6 Å². The number of benzene rings is 2. The topological polar surface area (TPSA) is 73.9 Å². The second-order valence-electron chi connectivity index (χ2n) is 14.7. The van der Waals surface area contributed by atoms with Gasteiger partial charge in [-0.05, 0) is 90.0 Å². The SMILES string of the molecule is CSCC[C@H](CC(=O)OCC1c2ccccc2-c2ccccc21)C(=O)N[C@@H](CC(C)C)B1O[C@@H]2C[C@@H]3C[C@@H](C3(C)C)[C@]2(C)O1. The van der Waals surface area contributed by atoms with Crippen molar-refractivity contribution >= 4 is 30.8 Å². The summed E-state index contributed by atoms with van der Waals surface area (Å²) in [7, 11) is -0.484. The van der Waals surface area contributed by atoms with E-state index in [1.807, 2.05) is 30.5 Å². The Morgan fingerprint density at radius 2 is 1.70 bits per heavy atom. The first-order valence-corrected chi connectivity index (χ1v) is 17.9. The van der Waals surface area contributed by atoms with Gasteiger partial charge in [-0.1, -0.05) is 76.2 Å². The molecule has 3 saturated carbocycles. The zero-order valence-corrected chi connectivity index (χ0v) is 28.0. The summed E-state index contributed by atoms with van der Waals surface area (Å²) in [6, 6.07) is 16.7. The van der Waals surface area contributed by atoms with Gasteiger partial charge in [0, 0.05) is 11.8 Å². The van der Waals surface area contributed by atoms with E-state index in [1.54, 1.807) is 11.8 Å². The Hall–Kier alpha value is -2.29. The fourth-order valence-electron chi connectivity index (χ4n) is 8.58. The van der Waals surface area contributed by atoms with Crippen LogP contribution in [0.3, 0.4) is 0 Å². The second kappa shape index (κ2) is 12.5. The molecule has 1 amide bonds. The summed E-state index contributed by atoms with van der Waals surface area (Å²) < 4.78 is 19.3. The number of ether oxygens (including phenoxy) is 1. The molecule has 0 spiro atoms. The number of thioether (sulfide) groups is 1. The molecule has 1 N–H and O–H groups in total. The summed E-state index contributed by atoms with van der Waals surface area (Å²) in [6.07, 6.45) is 5.70. The highest BCUT2D eigenvalue weighted by Gasteiger charge is 2.68. The third-order valence-electron chi connectivity index (χ3n) is 11.2. The fourth-order valence-corrected chi connectivity index (χ4v) is 9.10. The highest BCUT2D eigenvalue weighted by Crippen LogP contribution is 2.65. The Balaban J connectivity index is 1.11.